The van der Waals surface area contributed by atoms with Crippen molar-refractivity contribution < 1.29 is 0 Å². The zero-order valence-corrected chi connectivity index (χ0v) is 25.6. The van der Waals surface area contributed by atoms with Crippen LogP contribution in [-0.2, 0) is 6.42 Å². The zero-order chi connectivity index (χ0) is 27.4. The summed E-state index contributed by atoms with van der Waals surface area (Å²) >= 11 is 0. The van der Waals surface area contributed by atoms with Crippen molar-refractivity contribution in [2.75, 3.05) is 11.9 Å². The number of aromatic nitrogens is 1. The molecule has 3 heteroatoms. The van der Waals surface area contributed by atoms with Crippen molar-refractivity contribution in [1.29, 1.82) is 0 Å². The molecule has 0 radical (unpaired) electrons. The fourth-order valence-electron chi connectivity index (χ4n) is 6.31. The Balaban J connectivity index is 1.12. The summed E-state index contributed by atoms with van der Waals surface area (Å²) in [6.45, 7) is 7.55. The highest BCUT2D eigenvalue weighted by atomic mass is 14.9. The van der Waals surface area contributed by atoms with E-state index in [0.29, 0.717) is 6.04 Å². The molecule has 1 aromatic carbocycles. The topological polar surface area (TPSA) is 39.9 Å². The van der Waals surface area contributed by atoms with Crippen LogP contribution in [0.4, 0.5) is 5.69 Å². The zero-order valence-electron chi connectivity index (χ0n) is 25.6. The third-order valence-electron chi connectivity index (χ3n) is 8.84. The summed E-state index contributed by atoms with van der Waals surface area (Å²) in [5.41, 5.74) is 5.12. The maximum absolute atomic E-state index is 4.29. The van der Waals surface area contributed by atoms with Gasteiger partial charge in [0, 0.05) is 41.1 Å². The van der Waals surface area contributed by atoms with Crippen LogP contribution >= 0.6 is 0 Å². The highest BCUT2D eigenvalue weighted by molar-refractivity contribution is 5.86. The van der Waals surface area contributed by atoms with Crippen LogP contribution in [0.15, 0.2) is 36.7 Å². The molecule has 0 unspecified atom stereocenters. The fourth-order valence-corrected chi connectivity index (χ4v) is 6.31. The van der Waals surface area contributed by atoms with Gasteiger partial charge in [0.15, 0.2) is 0 Å². The Kier molecular flexibility index (Phi) is 16.3. The van der Waals surface area contributed by atoms with Gasteiger partial charge >= 0.3 is 0 Å². The number of fused-ring (bicyclic) bond motifs is 1. The molecule has 0 spiro atoms. The Hall–Kier alpha value is -1.90. The van der Waals surface area contributed by atoms with Crippen molar-refractivity contribution >= 4 is 16.6 Å². The number of nitrogens with one attached hydrogen (secondary N) is 3. The van der Waals surface area contributed by atoms with Crippen molar-refractivity contribution in [3.8, 4) is 0 Å². The molecule has 1 saturated carbocycles. The fraction of sp³-hybridized carbons (Fsp3) is 0.722. The number of hydrogen-bond acceptors (Lipinski definition) is 2. The third-order valence-corrected chi connectivity index (χ3v) is 8.84. The Labute approximate surface area is 241 Å². The average Bonchev–Trinajstić information content (AvgIpc) is 3.60. The number of unbranched alkanes of at least 4 members (excludes halogenated alkanes) is 16. The number of H-pyrrole nitrogens is 1. The Bertz CT molecular complexity index is 892. The Morgan fingerprint density at radius 3 is 1.95 bits per heavy atom. The van der Waals surface area contributed by atoms with Crippen molar-refractivity contribution in [2.45, 2.75) is 161 Å². The molecule has 1 fully saturated rings. The van der Waals surface area contributed by atoms with E-state index < -0.39 is 0 Å². The summed E-state index contributed by atoms with van der Waals surface area (Å²) in [7, 11) is 0. The lowest BCUT2D eigenvalue weighted by Crippen LogP contribution is -2.16. The molecule has 39 heavy (non-hydrogen) atoms. The van der Waals surface area contributed by atoms with Gasteiger partial charge in [0.05, 0.1) is 0 Å². The molecule has 3 nitrogen and oxygen atoms in total. The van der Waals surface area contributed by atoms with Crippen LogP contribution in [0.5, 0.6) is 0 Å². The van der Waals surface area contributed by atoms with Gasteiger partial charge in [-0.3, -0.25) is 0 Å². The molecular weight excluding hydrogens is 474 g/mol. The van der Waals surface area contributed by atoms with Crippen LogP contribution in [0.3, 0.4) is 0 Å². The second-order valence-corrected chi connectivity index (χ2v) is 12.4. The molecule has 0 atom stereocenters. The first-order valence-corrected chi connectivity index (χ1v) is 17.0. The van der Waals surface area contributed by atoms with Crippen LogP contribution in [0.25, 0.3) is 10.9 Å². The first-order chi connectivity index (χ1) is 19.3. The summed E-state index contributed by atoms with van der Waals surface area (Å²) in [6, 6.07) is 7.44. The lowest BCUT2D eigenvalue weighted by molar-refractivity contribution is 0.526. The summed E-state index contributed by atoms with van der Waals surface area (Å²) in [4.78, 5) is 3.46. The maximum atomic E-state index is 4.29. The molecule has 3 N–H and O–H groups in total. The lowest BCUT2D eigenvalue weighted by atomic mass is 10.0. The van der Waals surface area contributed by atoms with Crippen molar-refractivity contribution in [1.82, 2.24) is 10.3 Å². The van der Waals surface area contributed by atoms with Gasteiger partial charge in [-0.25, -0.2) is 0 Å². The SMILES string of the molecule is C=C(CCCCCCCCCCCCCCCCCCC)NCCc1c[nH]c2ccc(NC3CCCC3)cc12. The molecule has 0 aliphatic heterocycles. The molecule has 3 rings (SSSR count). The monoisotopic (exact) mass is 535 g/mol. The number of benzene rings is 1. The Morgan fingerprint density at radius 1 is 0.795 bits per heavy atom. The highest BCUT2D eigenvalue weighted by Gasteiger charge is 2.15. The van der Waals surface area contributed by atoms with Crippen LogP contribution in [0, 0.1) is 0 Å². The average molecular weight is 536 g/mol. The molecule has 1 aromatic heterocycles. The second kappa shape index (κ2) is 20.0. The van der Waals surface area contributed by atoms with Crippen molar-refractivity contribution in [2.24, 2.45) is 0 Å². The molecule has 2 aromatic rings. The van der Waals surface area contributed by atoms with Gasteiger partial charge in [-0.05, 0) is 55.9 Å². The summed E-state index contributed by atoms with van der Waals surface area (Å²) in [5.74, 6) is 0. The van der Waals surface area contributed by atoms with Gasteiger partial charge in [0.2, 0.25) is 0 Å². The predicted octanol–water partition coefficient (Wildman–Crippen LogP) is 11.2. The molecule has 1 aliphatic carbocycles. The summed E-state index contributed by atoms with van der Waals surface area (Å²) in [6.07, 6.45) is 33.9. The van der Waals surface area contributed by atoms with Gasteiger partial charge in [-0.2, -0.15) is 0 Å². The van der Waals surface area contributed by atoms with Gasteiger partial charge in [0.1, 0.15) is 0 Å². The van der Waals surface area contributed by atoms with E-state index in [1.165, 1.54) is 163 Å². The normalized spacial score (nSPS) is 13.9. The van der Waals surface area contributed by atoms with E-state index in [1.54, 1.807) is 0 Å². The van der Waals surface area contributed by atoms with Gasteiger partial charge < -0.3 is 15.6 Å². The number of rotatable bonds is 24. The van der Waals surface area contributed by atoms with Crippen LogP contribution in [0.2, 0.25) is 0 Å². The highest BCUT2D eigenvalue weighted by Crippen LogP contribution is 2.26. The molecule has 1 heterocycles. The van der Waals surface area contributed by atoms with E-state index in [2.05, 4.69) is 53.5 Å². The second-order valence-electron chi connectivity index (χ2n) is 12.4. The molecule has 0 bridgehead atoms. The van der Waals surface area contributed by atoms with E-state index in [0.717, 1.165) is 19.4 Å². The minimum absolute atomic E-state index is 0.657. The van der Waals surface area contributed by atoms with Crippen LogP contribution in [0.1, 0.15) is 154 Å². The standard InChI is InChI=1S/C36H61N3/c1-3-4-5-6-7-8-9-10-11-12-13-14-15-16-17-18-19-22-31(2)37-28-27-32-30-38-36-26-25-34(29-35(32)36)39-33-23-20-21-24-33/h25-26,29-30,33,37-39H,2-24,27-28H2,1H3. The molecular formula is C36H61N3. The quantitative estimate of drug-likeness (QED) is 0.117. The largest absolute Gasteiger partial charge is 0.388 e. The van der Waals surface area contributed by atoms with Crippen molar-refractivity contribution in [3.63, 3.8) is 0 Å². The molecule has 1 aliphatic rings. The van der Waals surface area contributed by atoms with Crippen LogP contribution in [-0.4, -0.2) is 17.6 Å². The number of hydrogen-bond donors (Lipinski definition) is 3. The maximum Gasteiger partial charge on any atom is 0.0458 e. The number of aromatic amines is 1. The van der Waals surface area contributed by atoms with E-state index in [4.69, 9.17) is 0 Å². The Morgan fingerprint density at radius 2 is 1.36 bits per heavy atom. The molecule has 220 valence electrons. The first kappa shape index (κ1) is 31.6. The van der Waals surface area contributed by atoms with Gasteiger partial charge in [-0.1, -0.05) is 129 Å². The van der Waals surface area contributed by atoms with E-state index in [-0.39, 0.29) is 0 Å². The van der Waals surface area contributed by atoms with Crippen molar-refractivity contribution in [3.05, 3.63) is 42.2 Å². The van der Waals surface area contributed by atoms with Gasteiger partial charge in [-0.15, -0.1) is 0 Å². The van der Waals surface area contributed by atoms with E-state index in [1.807, 2.05) is 0 Å². The minimum Gasteiger partial charge on any atom is -0.388 e. The molecule has 0 saturated heterocycles. The first-order valence-electron chi connectivity index (χ1n) is 17.0. The van der Waals surface area contributed by atoms with E-state index in [9.17, 15) is 0 Å². The van der Waals surface area contributed by atoms with Crippen LogP contribution < -0.4 is 10.6 Å². The number of anilines is 1. The number of allylic oxidation sites excluding steroid dienone is 1. The predicted molar refractivity (Wildman–Crippen MR) is 174 cm³/mol. The smallest absolute Gasteiger partial charge is 0.0458 e. The minimum atomic E-state index is 0.657. The third kappa shape index (κ3) is 13.3. The summed E-state index contributed by atoms with van der Waals surface area (Å²) < 4.78 is 0. The molecule has 0 amide bonds. The van der Waals surface area contributed by atoms with E-state index >= 15 is 0 Å². The lowest BCUT2D eigenvalue weighted by Gasteiger charge is -2.14. The van der Waals surface area contributed by atoms with Gasteiger partial charge in [0.25, 0.3) is 0 Å². The summed E-state index contributed by atoms with van der Waals surface area (Å²) in [5, 5.41) is 8.69.